The molecule has 0 bridgehead atoms. The predicted octanol–water partition coefficient (Wildman–Crippen LogP) is -0.578. The molecule has 0 aromatic rings. The van der Waals surface area contributed by atoms with E-state index in [-0.39, 0.29) is 24.5 Å². The lowest BCUT2D eigenvalue weighted by atomic mass is 9.99. The first-order valence-electron chi connectivity index (χ1n) is 3.84. The average Bonchev–Trinajstić information content (AvgIpc) is 1.99. The van der Waals surface area contributed by atoms with Gasteiger partial charge in [0, 0.05) is 25.6 Å². The van der Waals surface area contributed by atoms with Crippen LogP contribution in [0.1, 0.15) is 13.3 Å². The molecule has 0 spiro atoms. The van der Waals surface area contributed by atoms with Crippen LogP contribution in [0.5, 0.6) is 0 Å². The van der Waals surface area contributed by atoms with Gasteiger partial charge in [0.05, 0.1) is 6.10 Å². The molecule has 0 unspecified atom stereocenters. The molecular weight excluding hydrogens is 144 g/mol. The summed E-state index contributed by atoms with van der Waals surface area (Å²) >= 11 is 0. The summed E-state index contributed by atoms with van der Waals surface area (Å²) in [6.07, 6.45) is 0.491. The fourth-order valence-corrected chi connectivity index (χ4v) is 1.26. The van der Waals surface area contributed by atoms with Gasteiger partial charge < -0.3 is 20.9 Å². The van der Waals surface area contributed by atoms with Crippen molar-refractivity contribution in [3.8, 4) is 0 Å². The Kier molecular flexibility index (Phi) is 2.84. The summed E-state index contributed by atoms with van der Waals surface area (Å²) in [6.45, 7) is 1.91. The van der Waals surface area contributed by atoms with Crippen LogP contribution in [0.2, 0.25) is 0 Å². The first-order chi connectivity index (χ1) is 5.15. The minimum atomic E-state index is -0.181. The van der Waals surface area contributed by atoms with Crippen LogP contribution >= 0.6 is 0 Å². The molecule has 4 nitrogen and oxygen atoms in total. The largest absolute Gasteiger partial charge is 0.356 e. The van der Waals surface area contributed by atoms with Crippen LogP contribution in [-0.4, -0.2) is 31.6 Å². The molecule has 1 aliphatic rings. The van der Waals surface area contributed by atoms with Crippen molar-refractivity contribution >= 4 is 0 Å². The maximum atomic E-state index is 5.75. The zero-order valence-electron chi connectivity index (χ0n) is 6.99. The number of rotatable bonds is 1. The molecule has 4 N–H and O–H groups in total. The molecule has 11 heavy (non-hydrogen) atoms. The second-order valence-corrected chi connectivity index (χ2v) is 2.98. The van der Waals surface area contributed by atoms with Gasteiger partial charge in [0.2, 0.25) is 0 Å². The van der Waals surface area contributed by atoms with Crippen molar-refractivity contribution in [1.82, 2.24) is 0 Å². The summed E-state index contributed by atoms with van der Waals surface area (Å²) in [5.41, 5.74) is 11.5. The highest BCUT2D eigenvalue weighted by molar-refractivity contribution is 4.86. The van der Waals surface area contributed by atoms with Gasteiger partial charge in [-0.25, -0.2) is 0 Å². The van der Waals surface area contributed by atoms with Crippen LogP contribution in [0.15, 0.2) is 0 Å². The lowest BCUT2D eigenvalue weighted by Gasteiger charge is -2.36. The van der Waals surface area contributed by atoms with Crippen molar-refractivity contribution in [3.63, 3.8) is 0 Å². The standard InChI is InChI=1S/C7H16N2O2/c1-4-7(9)5(8)3-6(10-2)11-4/h4-7H,3,8-9H2,1-2H3/t4-,5-,6+,7+/m0/s1. The van der Waals surface area contributed by atoms with E-state index >= 15 is 0 Å². The summed E-state index contributed by atoms with van der Waals surface area (Å²) in [5.74, 6) is 0. The van der Waals surface area contributed by atoms with Gasteiger partial charge in [-0.2, -0.15) is 0 Å². The lowest BCUT2D eigenvalue weighted by Crippen LogP contribution is -2.56. The number of ether oxygens (including phenoxy) is 2. The van der Waals surface area contributed by atoms with Crippen molar-refractivity contribution in [2.75, 3.05) is 7.11 Å². The molecule has 1 heterocycles. The van der Waals surface area contributed by atoms with E-state index in [0.717, 1.165) is 0 Å². The molecule has 0 aliphatic carbocycles. The van der Waals surface area contributed by atoms with E-state index in [4.69, 9.17) is 20.9 Å². The Hall–Kier alpha value is -0.160. The highest BCUT2D eigenvalue weighted by atomic mass is 16.7. The maximum absolute atomic E-state index is 5.75. The van der Waals surface area contributed by atoms with Gasteiger partial charge in [-0.15, -0.1) is 0 Å². The molecule has 66 valence electrons. The molecule has 0 amide bonds. The predicted molar refractivity (Wildman–Crippen MR) is 41.9 cm³/mol. The lowest BCUT2D eigenvalue weighted by molar-refractivity contribution is -0.184. The summed E-state index contributed by atoms with van der Waals surface area (Å²) in [4.78, 5) is 0. The second-order valence-electron chi connectivity index (χ2n) is 2.98. The van der Waals surface area contributed by atoms with E-state index in [1.165, 1.54) is 0 Å². The van der Waals surface area contributed by atoms with Crippen LogP contribution in [0.3, 0.4) is 0 Å². The third-order valence-electron chi connectivity index (χ3n) is 2.13. The van der Waals surface area contributed by atoms with E-state index < -0.39 is 0 Å². The summed E-state index contributed by atoms with van der Waals surface area (Å²) in [6, 6.07) is -0.0786. The quantitative estimate of drug-likeness (QED) is 0.538. The van der Waals surface area contributed by atoms with Crippen LogP contribution in [0, 0.1) is 0 Å². The first-order valence-corrected chi connectivity index (χ1v) is 3.84. The van der Waals surface area contributed by atoms with Crippen LogP contribution in [0.25, 0.3) is 0 Å². The van der Waals surface area contributed by atoms with Crippen molar-refractivity contribution in [3.05, 3.63) is 0 Å². The number of nitrogens with two attached hydrogens (primary N) is 2. The molecule has 0 aromatic heterocycles. The van der Waals surface area contributed by atoms with Crippen molar-refractivity contribution in [1.29, 1.82) is 0 Å². The van der Waals surface area contributed by atoms with E-state index in [1.54, 1.807) is 7.11 Å². The molecule has 1 fully saturated rings. The Labute approximate surface area is 66.8 Å². The summed E-state index contributed by atoms with van der Waals surface area (Å²) in [7, 11) is 1.61. The highest BCUT2D eigenvalue weighted by Gasteiger charge is 2.31. The Morgan fingerprint density at radius 3 is 2.55 bits per heavy atom. The van der Waals surface area contributed by atoms with Crippen molar-refractivity contribution < 1.29 is 9.47 Å². The number of hydrogen-bond acceptors (Lipinski definition) is 4. The Morgan fingerprint density at radius 1 is 1.45 bits per heavy atom. The molecule has 1 rings (SSSR count). The van der Waals surface area contributed by atoms with Crippen LogP contribution in [-0.2, 0) is 9.47 Å². The van der Waals surface area contributed by atoms with Crippen LogP contribution < -0.4 is 11.5 Å². The van der Waals surface area contributed by atoms with E-state index in [2.05, 4.69) is 0 Å². The first kappa shape index (κ1) is 8.93. The van der Waals surface area contributed by atoms with Gasteiger partial charge in [-0.05, 0) is 6.92 Å². The van der Waals surface area contributed by atoms with E-state index in [9.17, 15) is 0 Å². The molecule has 0 saturated carbocycles. The molecule has 4 heteroatoms. The Balaban J connectivity index is 2.47. The fraction of sp³-hybridized carbons (Fsp3) is 1.00. The van der Waals surface area contributed by atoms with Gasteiger partial charge in [0.1, 0.15) is 0 Å². The fourth-order valence-electron chi connectivity index (χ4n) is 1.26. The third kappa shape index (κ3) is 1.90. The number of hydrogen-bond donors (Lipinski definition) is 2. The van der Waals surface area contributed by atoms with Crippen molar-refractivity contribution in [2.24, 2.45) is 11.5 Å². The normalized spacial score (nSPS) is 45.8. The maximum Gasteiger partial charge on any atom is 0.159 e. The Bertz CT molecular complexity index is 120. The molecule has 4 atom stereocenters. The second kappa shape index (κ2) is 3.49. The van der Waals surface area contributed by atoms with Crippen LogP contribution in [0.4, 0.5) is 0 Å². The Morgan fingerprint density at radius 2 is 2.09 bits per heavy atom. The minimum absolute atomic E-state index is 0.0105. The number of methoxy groups -OCH3 is 1. The molecule has 1 saturated heterocycles. The van der Waals surface area contributed by atoms with Gasteiger partial charge >= 0.3 is 0 Å². The summed E-state index contributed by atoms with van der Waals surface area (Å²) < 4.78 is 10.4. The van der Waals surface area contributed by atoms with E-state index in [0.29, 0.717) is 6.42 Å². The topological polar surface area (TPSA) is 70.5 Å². The zero-order valence-corrected chi connectivity index (χ0v) is 6.99. The van der Waals surface area contributed by atoms with Gasteiger partial charge in [0.15, 0.2) is 6.29 Å². The molecular formula is C7H16N2O2. The SMILES string of the molecule is CO[C@H]1C[C@H](N)[C@H](N)[C@H](C)O1. The molecule has 0 aromatic carbocycles. The van der Waals surface area contributed by atoms with E-state index in [1.807, 2.05) is 6.92 Å². The average molecular weight is 160 g/mol. The molecule has 1 aliphatic heterocycles. The molecule has 0 radical (unpaired) electrons. The zero-order chi connectivity index (χ0) is 8.43. The monoisotopic (exact) mass is 160 g/mol. The smallest absolute Gasteiger partial charge is 0.159 e. The van der Waals surface area contributed by atoms with Gasteiger partial charge in [0.25, 0.3) is 0 Å². The highest BCUT2D eigenvalue weighted by Crippen LogP contribution is 2.17. The third-order valence-corrected chi connectivity index (χ3v) is 2.13. The minimum Gasteiger partial charge on any atom is -0.356 e. The summed E-state index contributed by atoms with van der Waals surface area (Å²) in [5, 5.41) is 0. The van der Waals surface area contributed by atoms with Gasteiger partial charge in [-0.3, -0.25) is 0 Å². The van der Waals surface area contributed by atoms with Gasteiger partial charge in [-0.1, -0.05) is 0 Å². The van der Waals surface area contributed by atoms with Crippen molar-refractivity contribution in [2.45, 2.75) is 37.8 Å².